The number of rotatable bonds is 2. The van der Waals surface area contributed by atoms with Crippen LogP contribution in [0.15, 0.2) is 77.8 Å². The summed E-state index contributed by atoms with van der Waals surface area (Å²) in [6.45, 7) is 1.99. The van der Waals surface area contributed by atoms with Crippen molar-refractivity contribution in [1.29, 1.82) is 0 Å². The fraction of sp³-hybridized carbons (Fsp3) is 0.0455. The molecule has 27 heavy (non-hydrogen) atoms. The van der Waals surface area contributed by atoms with Crippen molar-refractivity contribution < 1.29 is 4.79 Å². The van der Waals surface area contributed by atoms with E-state index in [9.17, 15) is 4.79 Å². The average molecular weight is 369 g/mol. The lowest BCUT2D eigenvalue weighted by atomic mass is 10.1. The van der Waals surface area contributed by atoms with E-state index in [2.05, 4.69) is 4.98 Å². The SMILES string of the molecule is Cc1nc2cc(N=C3C(=O)N(c4ccccc4)c4ccccc43)ccc2s1. The van der Waals surface area contributed by atoms with Crippen LogP contribution in [0.1, 0.15) is 10.6 Å². The maximum absolute atomic E-state index is 13.2. The first-order valence-corrected chi connectivity index (χ1v) is 9.47. The molecular weight excluding hydrogens is 354 g/mol. The molecule has 0 fully saturated rings. The van der Waals surface area contributed by atoms with E-state index in [0.29, 0.717) is 5.71 Å². The molecule has 5 heteroatoms. The smallest absolute Gasteiger partial charge is 0.275 e. The highest BCUT2D eigenvalue weighted by Crippen LogP contribution is 2.36. The third kappa shape index (κ3) is 2.64. The first-order chi connectivity index (χ1) is 13.2. The Kier molecular flexibility index (Phi) is 3.62. The van der Waals surface area contributed by atoms with Crippen molar-refractivity contribution in [3.05, 3.63) is 83.4 Å². The number of benzene rings is 3. The second-order valence-corrected chi connectivity index (χ2v) is 7.57. The maximum atomic E-state index is 13.2. The summed E-state index contributed by atoms with van der Waals surface area (Å²) in [7, 11) is 0. The zero-order chi connectivity index (χ0) is 18.4. The van der Waals surface area contributed by atoms with Gasteiger partial charge in [-0.3, -0.25) is 9.69 Å². The number of carbonyl (C=O) groups excluding carboxylic acids is 1. The average Bonchev–Trinajstić information content (AvgIpc) is 3.19. The van der Waals surface area contributed by atoms with Crippen LogP contribution in [-0.2, 0) is 4.79 Å². The Morgan fingerprint density at radius 1 is 0.963 bits per heavy atom. The van der Waals surface area contributed by atoms with Crippen LogP contribution in [0.5, 0.6) is 0 Å². The number of hydrogen-bond donors (Lipinski definition) is 0. The number of fused-ring (bicyclic) bond motifs is 2. The highest BCUT2D eigenvalue weighted by Gasteiger charge is 2.34. The number of anilines is 2. The van der Waals surface area contributed by atoms with Gasteiger partial charge in [0.1, 0.15) is 5.71 Å². The lowest BCUT2D eigenvalue weighted by Gasteiger charge is -2.16. The minimum absolute atomic E-state index is 0.114. The summed E-state index contributed by atoms with van der Waals surface area (Å²) < 4.78 is 1.13. The van der Waals surface area contributed by atoms with Gasteiger partial charge < -0.3 is 0 Å². The molecule has 130 valence electrons. The topological polar surface area (TPSA) is 45.6 Å². The Morgan fingerprint density at radius 3 is 2.59 bits per heavy atom. The highest BCUT2D eigenvalue weighted by atomic mass is 32.1. The Hall–Kier alpha value is -3.31. The van der Waals surface area contributed by atoms with Crippen LogP contribution in [0, 0.1) is 6.92 Å². The van der Waals surface area contributed by atoms with E-state index in [4.69, 9.17) is 4.99 Å². The van der Waals surface area contributed by atoms with E-state index in [1.165, 1.54) is 0 Å². The van der Waals surface area contributed by atoms with Crippen molar-refractivity contribution in [2.45, 2.75) is 6.92 Å². The molecule has 0 bridgehead atoms. The molecule has 0 saturated carbocycles. The number of aromatic nitrogens is 1. The molecule has 5 rings (SSSR count). The van der Waals surface area contributed by atoms with Gasteiger partial charge >= 0.3 is 0 Å². The van der Waals surface area contributed by atoms with Crippen molar-refractivity contribution >= 4 is 50.2 Å². The monoisotopic (exact) mass is 369 g/mol. The zero-order valence-electron chi connectivity index (χ0n) is 14.6. The molecule has 3 aromatic carbocycles. The van der Waals surface area contributed by atoms with Crippen LogP contribution < -0.4 is 4.90 Å². The van der Waals surface area contributed by atoms with Gasteiger partial charge in [0.05, 0.1) is 26.6 Å². The first-order valence-electron chi connectivity index (χ1n) is 8.65. The molecule has 4 nitrogen and oxygen atoms in total. The number of aryl methyl sites for hydroxylation is 1. The number of thiazole rings is 1. The van der Waals surface area contributed by atoms with Gasteiger partial charge in [-0.2, -0.15) is 0 Å². The number of aliphatic imine (C=N–C) groups is 1. The lowest BCUT2D eigenvalue weighted by Crippen LogP contribution is -2.25. The van der Waals surface area contributed by atoms with E-state index < -0.39 is 0 Å². The Bertz CT molecular complexity index is 1210. The molecule has 4 aromatic rings. The van der Waals surface area contributed by atoms with Crippen LogP contribution in [-0.4, -0.2) is 16.6 Å². The number of nitrogens with zero attached hydrogens (tertiary/aromatic N) is 3. The summed E-state index contributed by atoms with van der Waals surface area (Å²) in [5.74, 6) is -0.114. The van der Waals surface area contributed by atoms with E-state index in [-0.39, 0.29) is 5.91 Å². The molecule has 0 atom stereocenters. The Balaban J connectivity index is 1.65. The second kappa shape index (κ2) is 6.14. The van der Waals surface area contributed by atoms with Gasteiger partial charge in [0.25, 0.3) is 5.91 Å². The highest BCUT2D eigenvalue weighted by molar-refractivity contribution is 7.18. The molecule has 0 aliphatic carbocycles. The third-order valence-corrected chi connectivity index (χ3v) is 5.49. The summed E-state index contributed by atoms with van der Waals surface area (Å²) in [6.07, 6.45) is 0. The van der Waals surface area contributed by atoms with Crippen LogP contribution in [0.25, 0.3) is 10.2 Å². The summed E-state index contributed by atoms with van der Waals surface area (Å²) in [6, 6.07) is 23.3. The van der Waals surface area contributed by atoms with Crippen molar-refractivity contribution in [2.75, 3.05) is 4.90 Å². The molecule has 0 unspecified atom stereocenters. The second-order valence-electron chi connectivity index (χ2n) is 6.34. The molecule has 0 N–H and O–H groups in total. The third-order valence-electron chi connectivity index (χ3n) is 4.54. The molecule has 2 heterocycles. The van der Waals surface area contributed by atoms with Crippen LogP contribution in [0.4, 0.5) is 17.1 Å². The summed E-state index contributed by atoms with van der Waals surface area (Å²) in [5, 5.41) is 1.02. The molecule has 0 spiro atoms. The van der Waals surface area contributed by atoms with E-state index in [1.54, 1.807) is 16.2 Å². The number of carbonyl (C=O) groups is 1. The van der Waals surface area contributed by atoms with Crippen LogP contribution in [0.3, 0.4) is 0 Å². The Morgan fingerprint density at radius 2 is 1.74 bits per heavy atom. The van der Waals surface area contributed by atoms with Gasteiger partial charge in [0, 0.05) is 11.3 Å². The van der Waals surface area contributed by atoms with Gasteiger partial charge in [0.15, 0.2) is 0 Å². The largest absolute Gasteiger partial charge is 0.282 e. The summed E-state index contributed by atoms with van der Waals surface area (Å²) in [4.78, 5) is 24.2. The number of hydrogen-bond acceptors (Lipinski definition) is 4. The van der Waals surface area contributed by atoms with Crippen LogP contribution >= 0.6 is 11.3 Å². The molecule has 1 amide bonds. The van der Waals surface area contributed by atoms with Crippen molar-refractivity contribution in [2.24, 2.45) is 4.99 Å². The van der Waals surface area contributed by atoms with Gasteiger partial charge in [-0.25, -0.2) is 9.98 Å². The summed E-state index contributed by atoms with van der Waals surface area (Å²) >= 11 is 1.66. The van der Waals surface area contributed by atoms with Crippen molar-refractivity contribution in [3.63, 3.8) is 0 Å². The quantitative estimate of drug-likeness (QED) is 0.475. The number of para-hydroxylation sites is 2. The molecule has 1 aromatic heterocycles. The predicted molar refractivity (Wildman–Crippen MR) is 111 cm³/mol. The van der Waals surface area contributed by atoms with E-state index in [1.807, 2.05) is 79.7 Å². The minimum Gasteiger partial charge on any atom is -0.275 e. The zero-order valence-corrected chi connectivity index (χ0v) is 15.4. The maximum Gasteiger partial charge on any atom is 0.282 e. The normalized spacial score (nSPS) is 14.9. The Labute approximate surface area is 160 Å². The van der Waals surface area contributed by atoms with Crippen molar-refractivity contribution in [1.82, 2.24) is 4.98 Å². The molecule has 1 aliphatic rings. The molecular formula is C22H15N3OS. The van der Waals surface area contributed by atoms with E-state index >= 15 is 0 Å². The molecule has 1 aliphatic heterocycles. The molecule has 0 radical (unpaired) electrons. The van der Waals surface area contributed by atoms with Gasteiger partial charge in [-0.1, -0.05) is 36.4 Å². The fourth-order valence-corrected chi connectivity index (χ4v) is 4.18. The summed E-state index contributed by atoms with van der Waals surface area (Å²) in [5.41, 5.74) is 4.66. The van der Waals surface area contributed by atoms with E-state index in [0.717, 1.165) is 37.8 Å². The van der Waals surface area contributed by atoms with Gasteiger partial charge in [-0.05, 0) is 43.3 Å². The molecule has 0 saturated heterocycles. The minimum atomic E-state index is -0.114. The van der Waals surface area contributed by atoms with Crippen molar-refractivity contribution in [3.8, 4) is 0 Å². The number of amides is 1. The van der Waals surface area contributed by atoms with Gasteiger partial charge in [0.2, 0.25) is 0 Å². The van der Waals surface area contributed by atoms with Gasteiger partial charge in [-0.15, -0.1) is 11.3 Å². The lowest BCUT2D eigenvalue weighted by molar-refractivity contribution is -0.111. The standard InChI is InChI=1S/C22H15N3OS/c1-14-23-18-13-15(11-12-20(18)27-14)24-21-17-9-5-6-10-19(17)25(22(21)26)16-7-3-2-4-8-16/h2-13H,1H3. The first kappa shape index (κ1) is 15.9. The van der Waals surface area contributed by atoms with Crippen LogP contribution in [0.2, 0.25) is 0 Å². The fourth-order valence-electron chi connectivity index (χ4n) is 3.37. The predicted octanol–water partition coefficient (Wildman–Crippen LogP) is 5.40.